The number of aromatic hydroxyl groups is 2. The molecule has 2 N–H and O–H groups in total. The van der Waals surface area contributed by atoms with E-state index in [0.29, 0.717) is 0 Å². The Balaban J connectivity index is 2.60. The molecule has 0 amide bonds. The summed E-state index contributed by atoms with van der Waals surface area (Å²) in [5, 5.41) is 18.8. The van der Waals surface area contributed by atoms with E-state index in [4.69, 9.17) is 0 Å². The molecule has 0 heterocycles. The lowest BCUT2D eigenvalue weighted by atomic mass is 9.95. The van der Waals surface area contributed by atoms with Gasteiger partial charge in [0, 0.05) is 0 Å². The second kappa shape index (κ2) is 4.13. The molecule has 0 fully saturated rings. The summed E-state index contributed by atoms with van der Waals surface area (Å²) in [6, 6.07) is 9.16. The molecule has 0 spiro atoms. The van der Waals surface area contributed by atoms with Crippen molar-refractivity contribution in [2.24, 2.45) is 0 Å². The average molecular weight is 228 g/mol. The van der Waals surface area contributed by atoms with Crippen LogP contribution in [-0.4, -0.2) is 10.2 Å². The van der Waals surface area contributed by atoms with Crippen LogP contribution in [0.4, 0.5) is 0 Å². The fourth-order valence-corrected chi connectivity index (χ4v) is 1.96. The third kappa shape index (κ3) is 2.11. The topological polar surface area (TPSA) is 40.5 Å². The normalized spacial score (nSPS) is 10.5. The van der Waals surface area contributed by atoms with E-state index in [2.05, 4.69) is 26.0 Å². The maximum atomic E-state index is 9.53. The van der Waals surface area contributed by atoms with Crippen molar-refractivity contribution in [3.63, 3.8) is 0 Å². The minimum atomic E-state index is -0.0877. The first-order valence-corrected chi connectivity index (χ1v) is 5.59. The van der Waals surface area contributed by atoms with Crippen molar-refractivity contribution in [2.75, 3.05) is 0 Å². The van der Waals surface area contributed by atoms with Crippen LogP contribution >= 0.6 is 0 Å². The third-order valence-corrected chi connectivity index (χ3v) is 3.13. The zero-order chi connectivity index (χ0) is 12.6. The second-order valence-corrected chi connectivity index (χ2v) is 4.45. The molecular weight excluding hydrogens is 212 g/mol. The zero-order valence-electron chi connectivity index (χ0n) is 10.3. The maximum absolute atomic E-state index is 9.53. The molecule has 0 unspecified atom stereocenters. The van der Waals surface area contributed by atoms with E-state index in [1.807, 2.05) is 13.0 Å². The molecule has 2 aromatic carbocycles. The van der Waals surface area contributed by atoms with Crippen molar-refractivity contribution in [1.29, 1.82) is 0 Å². The Hall–Kier alpha value is -1.96. The highest BCUT2D eigenvalue weighted by atomic mass is 16.3. The van der Waals surface area contributed by atoms with E-state index in [-0.39, 0.29) is 11.5 Å². The second-order valence-electron chi connectivity index (χ2n) is 4.45. The minimum Gasteiger partial charge on any atom is -0.504 e. The van der Waals surface area contributed by atoms with Gasteiger partial charge in [-0.15, -0.1) is 0 Å². The monoisotopic (exact) mass is 228 g/mol. The predicted octanol–water partition coefficient (Wildman–Crippen LogP) is 3.69. The molecule has 88 valence electrons. The van der Waals surface area contributed by atoms with Gasteiger partial charge < -0.3 is 10.2 Å². The van der Waals surface area contributed by atoms with Crippen molar-refractivity contribution in [1.82, 2.24) is 0 Å². The number of benzene rings is 2. The van der Waals surface area contributed by atoms with Gasteiger partial charge in [0.2, 0.25) is 0 Å². The summed E-state index contributed by atoms with van der Waals surface area (Å²) in [4.78, 5) is 0. The highest BCUT2D eigenvalue weighted by molar-refractivity contribution is 5.71. The van der Waals surface area contributed by atoms with Crippen LogP contribution in [-0.2, 0) is 0 Å². The van der Waals surface area contributed by atoms with E-state index in [9.17, 15) is 10.2 Å². The van der Waals surface area contributed by atoms with E-state index in [1.54, 1.807) is 6.07 Å². The molecule has 2 rings (SSSR count). The lowest BCUT2D eigenvalue weighted by molar-refractivity contribution is 0.404. The summed E-state index contributed by atoms with van der Waals surface area (Å²) in [5.41, 5.74) is 5.65. The summed E-state index contributed by atoms with van der Waals surface area (Å²) in [6.45, 7) is 6.20. The fraction of sp³-hybridized carbons (Fsp3) is 0.200. The van der Waals surface area contributed by atoms with Crippen molar-refractivity contribution in [3.8, 4) is 22.6 Å². The molecule has 0 radical (unpaired) electrons. The van der Waals surface area contributed by atoms with Crippen molar-refractivity contribution < 1.29 is 10.2 Å². The van der Waals surface area contributed by atoms with Gasteiger partial charge in [0.05, 0.1) is 0 Å². The molecule has 0 aliphatic rings. The Kier molecular flexibility index (Phi) is 2.80. The van der Waals surface area contributed by atoms with Gasteiger partial charge in [-0.1, -0.05) is 18.2 Å². The summed E-state index contributed by atoms with van der Waals surface area (Å²) in [7, 11) is 0. The molecule has 2 nitrogen and oxygen atoms in total. The average Bonchev–Trinajstić information content (AvgIpc) is 2.27. The molecule has 0 saturated carbocycles. The minimum absolute atomic E-state index is 0.0832. The molecule has 17 heavy (non-hydrogen) atoms. The van der Waals surface area contributed by atoms with Crippen LogP contribution < -0.4 is 0 Å². The van der Waals surface area contributed by atoms with Crippen LogP contribution in [0.2, 0.25) is 0 Å². The first-order chi connectivity index (χ1) is 7.99. The number of rotatable bonds is 1. The van der Waals surface area contributed by atoms with Gasteiger partial charge in [0.15, 0.2) is 11.5 Å². The lowest BCUT2D eigenvalue weighted by Crippen LogP contribution is -1.88. The molecular formula is C15H16O2. The molecule has 2 aromatic rings. The summed E-state index contributed by atoms with van der Waals surface area (Å²) < 4.78 is 0. The molecule has 0 bridgehead atoms. The van der Waals surface area contributed by atoms with Gasteiger partial charge in [0.25, 0.3) is 0 Å². The zero-order valence-corrected chi connectivity index (χ0v) is 10.3. The Morgan fingerprint density at radius 2 is 1.35 bits per heavy atom. The van der Waals surface area contributed by atoms with Crippen LogP contribution in [0.1, 0.15) is 16.7 Å². The van der Waals surface area contributed by atoms with Crippen molar-refractivity contribution >= 4 is 0 Å². The summed E-state index contributed by atoms with van der Waals surface area (Å²) in [5.74, 6) is -0.171. The molecule has 0 atom stereocenters. The van der Waals surface area contributed by atoms with E-state index in [1.165, 1.54) is 17.2 Å². The quantitative estimate of drug-likeness (QED) is 0.731. The highest BCUT2D eigenvalue weighted by Crippen LogP contribution is 2.33. The van der Waals surface area contributed by atoms with Gasteiger partial charge in [-0.25, -0.2) is 0 Å². The first-order valence-electron chi connectivity index (χ1n) is 5.59. The van der Waals surface area contributed by atoms with E-state index in [0.717, 1.165) is 16.7 Å². The summed E-state index contributed by atoms with van der Waals surface area (Å²) >= 11 is 0. The van der Waals surface area contributed by atoms with Gasteiger partial charge in [-0.05, 0) is 60.7 Å². The van der Waals surface area contributed by atoms with Crippen molar-refractivity contribution in [3.05, 3.63) is 47.0 Å². The van der Waals surface area contributed by atoms with Crippen LogP contribution in [0.3, 0.4) is 0 Å². The number of hydrogen-bond acceptors (Lipinski definition) is 2. The van der Waals surface area contributed by atoms with Gasteiger partial charge >= 0.3 is 0 Å². The van der Waals surface area contributed by atoms with Gasteiger partial charge in [0.1, 0.15) is 0 Å². The SMILES string of the molecule is Cc1cc(C)c(-c2ccc(O)c(O)c2)cc1C. The van der Waals surface area contributed by atoms with Crippen LogP contribution in [0.25, 0.3) is 11.1 Å². The largest absolute Gasteiger partial charge is 0.504 e. The smallest absolute Gasteiger partial charge is 0.158 e. The van der Waals surface area contributed by atoms with Crippen molar-refractivity contribution in [2.45, 2.75) is 20.8 Å². The number of hydrogen-bond donors (Lipinski definition) is 2. The number of phenolic OH excluding ortho intramolecular Hbond substituents is 2. The van der Waals surface area contributed by atoms with Crippen LogP contribution in [0.5, 0.6) is 11.5 Å². The van der Waals surface area contributed by atoms with Gasteiger partial charge in [-0.3, -0.25) is 0 Å². The Morgan fingerprint density at radius 3 is 2.00 bits per heavy atom. The molecule has 0 aliphatic heterocycles. The fourth-order valence-electron chi connectivity index (χ4n) is 1.96. The third-order valence-electron chi connectivity index (χ3n) is 3.13. The highest BCUT2D eigenvalue weighted by Gasteiger charge is 2.07. The lowest BCUT2D eigenvalue weighted by Gasteiger charge is -2.10. The van der Waals surface area contributed by atoms with Crippen LogP contribution in [0, 0.1) is 20.8 Å². The number of phenols is 2. The standard InChI is InChI=1S/C15H16O2/c1-9-6-11(3)13(7-10(9)2)12-4-5-14(16)15(17)8-12/h4-8,16-17H,1-3H3. The predicted molar refractivity (Wildman–Crippen MR) is 69.4 cm³/mol. The van der Waals surface area contributed by atoms with Gasteiger partial charge in [-0.2, -0.15) is 0 Å². The Bertz CT molecular complexity index is 571. The Morgan fingerprint density at radius 1 is 0.706 bits per heavy atom. The Labute approximate surface area is 101 Å². The first kappa shape index (κ1) is 11.5. The van der Waals surface area contributed by atoms with E-state index >= 15 is 0 Å². The molecule has 0 aliphatic carbocycles. The molecule has 0 saturated heterocycles. The van der Waals surface area contributed by atoms with Crippen LogP contribution in [0.15, 0.2) is 30.3 Å². The molecule has 2 heteroatoms. The number of aryl methyl sites for hydroxylation is 3. The molecule has 0 aromatic heterocycles. The van der Waals surface area contributed by atoms with E-state index < -0.39 is 0 Å². The summed E-state index contributed by atoms with van der Waals surface area (Å²) in [6.07, 6.45) is 0. The maximum Gasteiger partial charge on any atom is 0.158 e.